The number of hydrogen-bond acceptors (Lipinski definition) is 4. The van der Waals surface area contributed by atoms with E-state index in [-0.39, 0.29) is 18.0 Å². The summed E-state index contributed by atoms with van der Waals surface area (Å²) in [5, 5.41) is 0. The van der Waals surface area contributed by atoms with Crippen molar-refractivity contribution in [2.75, 3.05) is 0 Å². The van der Waals surface area contributed by atoms with Crippen molar-refractivity contribution < 1.29 is 9.59 Å². The number of Topliss-reactive ketones (excluding diaryl/α,β-unsaturated/α-hetero) is 2. The van der Waals surface area contributed by atoms with E-state index in [4.69, 9.17) is 11.5 Å². The minimum Gasteiger partial charge on any atom is -0.310 e. The van der Waals surface area contributed by atoms with Crippen LogP contribution in [0.25, 0.3) is 0 Å². The fourth-order valence-corrected chi connectivity index (χ4v) is 2.40. The van der Waals surface area contributed by atoms with Crippen LogP contribution >= 0.6 is 0 Å². The van der Waals surface area contributed by atoms with E-state index in [2.05, 4.69) is 0 Å². The van der Waals surface area contributed by atoms with Crippen LogP contribution in [0, 0.1) is 0 Å². The first kappa shape index (κ1) is 11.1. The number of hydrogen-bond donors (Lipinski definition) is 2. The van der Waals surface area contributed by atoms with E-state index in [0.717, 1.165) is 0 Å². The summed E-state index contributed by atoms with van der Waals surface area (Å²) < 4.78 is 0. The zero-order valence-electron chi connectivity index (χ0n) is 9.64. The van der Waals surface area contributed by atoms with Gasteiger partial charge in [0.05, 0.1) is 5.66 Å². The van der Waals surface area contributed by atoms with Gasteiger partial charge in [0.15, 0.2) is 11.6 Å². The Bertz CT molecular complexity index is 639. The highest BCUT2D eigenvalue weighted by molar-refractivity contribution is 6.28. The zero-order chi connectivity index (χ0) is 12.9. The molecular formula is C14H12N2O2. The molecule has 0 aromatic heterocycles. The molecule has 1 aromatic carbocycles. The van der Waals surface area contributed by atoms with Gasteiger partial charge in [0.1, 0.15) is 0 Å². The molecule has 4 heteroatoms. The third-order valence-electron chi connectivity index (χ3n) is 3.30. The highest BCUT2D eigenvalue weighted by Crippen LogP contribution is 2.33. The molecule has 4 nitrogen and oxygen atoms in total. The first-order valence-corrected chi connectivity index (χ1v) is 5.68. The Hall–Kier alpha value is -2.04. The van der Waals surface area contributed by atoms with Gasteiger partial charge in [-0.1, -0.05) is 30.3 Å². The fraction of sp³-hybridized carbons (Fsp3) is 0.143. The number of fused-ring (bicyclic) bond motifs is 1. The number of carbonyl (C=O) groups is 2. The number of rotatable bonds is 0. The van der Waals surface area contributed by atoms with Gasteiger partial charge < -0.3 is 11.5 Å². The average Bonchev–Trinajstić information content (AvgIpc) is 2.35. The van der Waals surface area contributed by atoms with Crippen molar-refractivity contribution in [3.8, 4) is 0 Å². The van der Waals surface area contributed by atoms with E-state index in [1.54, 1.807) is 36.4 Å². The largest absolute Gasteiger partial charge is 0.310 e. The van der Waals surface area contributed by atoms with E-state index >= 15 is 0 Å². The summed E-state index contributed by atoms with van der Waals surface area (Å²) in [4.78, 5) is 24.6. The summed E-state index contributed by atoms with van der Waals surface area (Å²) in [6.45, 7) is 0. The smallest absolute Gasteiger partial charge is 0.194 e. The van der Waals surface area contributed by atoms with Gasteiger partial charge >= 0.3 is 0 Å². The Balaban J connectivity index is 2.20. The lowest BCUT2D eigenvalue weighted by Crippen LogP contribution is -2.50. The molecule has 2 aliphatic rings. The Morgan fingerprint density at radius 3 is 2.28 bits per heavy atom. The number of nitrogens with two attached hydrogens (primary N) is 2. The second-order valence-electron chi connectivity index (χ2n) is 4.72. The van der Waals surface area contributed by atoms with Crippen LogP contribution in [0.5, 0.6) is 0 Å². The zero-order valence-corrected chi connectivity index (χ0v) is 9.64. The molecule has 0 fully saturated rings. The van der Waals surface area contributed by atoms with Crippen LogP contribution in [0.1, 0.15) is 27.1 Å². The second kappa shape index (κ2) is 3.48. The van der Waals surface area contributed by atoms with Crippen LogP contribution in [0.15, 0.2) is 47.6 Å². The monoisotopic (exact) mass is 240 g/mol. The van der Waals surface area contributed by atoms with Gasteiger partial charge in [0.2, 0.25) is 0 Å². The maximum atomic E-state index is 12.3. The molecular weight excluding hydrogens is 228 g/mol. The topological polar surface area (TPSA) is 86.2 Å². The predicted octanol–water partition coefficient (Wildman–Crippen LogP) is 0.936. The quantitative estimate of drug-likeness (QED) is 0.661. The van der Waals surface area contributed by atoms with Crippen LogP contribution in [0.2, 0.25) is 0 Å². The first-order valence-electron chi connectivity index (χ1n) is 5.68. The molecule has 3 rings (SSSR count). The van der Waals surface area contributed by atoms with Gasteiger partial charge in [0.25, 0.3) is 0 Å². The van der Waals surface area contributed by atoms with Gasteiger partial charge in [-0.25, -0.2) is 0 Å². The molecule has 0 heterocycles. The fourth-order valence-electron chi connectivity index (χ4n) is 2.40. The van der Waals surface area contributed by atoms with Crippen LogP contribution in [-0.4, -0.2) is 17.2 Å². The Labute approximate surface area is 104 Å². The van der Waals surface area contributed by atoms with Gasteiger partial charge in [-0.05, 0) is 6.08 Å². The molecule has 0 atom stereocenters. The summed E-state index contributed by atoms with van der Waals surface area (Å²) >= 11 is 0. The lowest BCUT2D eigenvalue weighted by molar-refractivity contribution is 0.0971. The molecule has 2 aliphatic carbocycles. The highest BCUT2D eigenvalue weighted by Gasteiger charge is 2.36. The normalized spacial score (nSPS) is 20.8. The summed E-state index contributed by atoms with van der Waals surface area (Å²) in [6, 6.07) is 6.82. The SMILES string of the molecule is NC1(N)C=CC2=C(C1)C(=O)c1ccccc1C2=O. The van der Waals surface area contributed by atoms with Crippen molar-refractivity contribution >= 4 is 11.6 Å². The molecule has 0 saturated heterocycles. The van der Waals surface area contributed by atoms with Crippen molar-refractivity contribution in [1.82, 2.24) is 0 Å². The molecule has 90 valence electrons. The van der Waals surface area contributed by atoms with Crippen molar-refractivity contribution in [3.05, 3.63) is 58.7 Å². The van der Waals surface area contributed by atoms with E-state index < -0.39 is 5.66 Å². The molecule has 0 amide bonds. The number of allylic oxidation sites excluding steroid dienone is 2. The van der Waals surface area contributed by atoms with Crippen molar-refractivity contribution in [2.45, 2.75) is 12.1 Å². The van der Waals surface area contributed by atoms with Gasteiger partial charge in [-0.2, -0.15) is 0 Å². The molecule has 1 aromatic rings. The number of ketones is 2. The maximum Gasteiger partial charge on any atom is 0.194 e. The summed E-state index contributed by atoms with van der Waals surface area (Å²) in [6.07, 6.45) is 3.33. The third-order valence-corrected chi connectivity index (χ3v) is 3.30. The maximum absolute atomic E-state index is 12.3. The Morgan fingerprint density at radius 2 is 1.61 bits per heavy atom. The Morgan fingerprint density at radius 1 is 1.00 bits per heavy atom. The van der Waals surface area contributed by atoms with E-state index in [1.807, 2.05) is 0 Å². The highest BCUT2D eigenvalue weighted by atomic mass is 16.1. The summed E-state index contributed by atoms with van der Waals surface area (Å²) in [5.41, 5.74) is 12.3. The van der Waals surface area contributed by atoms with E-state index in [1.165, 1.54) is 0 Å². The van der Waals surface area contributed by atoms with Gasteiger partial charge in [-0.15, -0.1) is 0 Å². The summed E-state index contributed by atoms with van der Waals surface area (Å²) in [5.74, 6) is -0.281. The number of benzene rings is 1. The van der Waals surface area contributed by atoms with Crippen LogP contribution in [0.3, 0.4) is 0 Å². The van der Waals surface area contributed by atoms with E-state index in [9.17, 15) is 9.59 Å². The molecule has 0 saturated carbocycles. The van der Waals surface area contributed by atoms with Crippen LogP contribution in [0.4, 0.5) is 0 Å². The van der Waals surface area contributed by atoms with Crippen molar-refractivity contribution in [2.24, 2.45) is 11.5 Å². The third kappa shape index (κ3) is 1.47. The average molecular weight is 240 g/mol. The molecule has 4 N–H and O–H groups in total. The van der Waals surface area contributed by atoms with Gasteiger partial charge in [0, 0.05) is 28.7 Å². The molecule has 0 unspecified atom stereocenters. The van der Waals surface area contributed by atoms with Gasteiger partial charge in [-0.3, -0.25) is 9.59 Å². The molecule has 0 radical (unpaired) electrons. The van der Waals surface area contributed by atoms with Crippen LogP contribution < -0.4 is 11.5 Å². The van der Waals surface area contributed by atoms with Crippen molar-refractivity contribution in [1.29, 1.82) is 0 Å². The number of carbonyl (C=O) groups excluding carboxylic acids is 2. The molecule has 0 aliphatic heterocycles. The standard InChI is InChI=1S/C14H12N2O2/c15-14(16)6-5-10-11(7-14)13(18)9-4-2-1-3-8(9)12(10)17/h1-6H,7,15-16H2. The lowest BCUT2D eigenvalue weighted by atomic mass is 9.77. The Kier molecular flexibility index (Phi) is 2.14. The molecule has 18 heavy (non-hydrogen) atoms. The summed E-state index contributed by atoms with van der Waals surface area (Å²) in [7, 11) is 0. The van der Waals surface area contributed by atoms with E-state index in [0.29, 0.717) is 22.3 Å². The second-order valence-corrected chi connectivity index (χ2v) is 4.72. The lowest BCUT2D eigenvalue weighted by Gasteiger charge is -2.29. The predicted molar refractivity (Wildman–Crippen MR) is 67.0 cm³/mol. The van der Waals surface area contributed by atoms with Crippen LogP contribution in [-0.2, 0) is 0 Å². The first-order chi connectivity index (χ1) is 8.49. The minimum atomic E-state index is -1.05. The minimum absolute atomic E-state index is 0.132. The molecule has 0 spiro atoms. The van der Waals surface area contributed by atoms with Crippen molar-refractivity contribution in [3.63, 3.8) is 0 Å². The molecule has 0 bridgehead atoms.